The van der Waals surface area contributed by atoms with Crippen molar-refractivity contribution in [2.24, 2.45) is 5.92 Å². The number of likely N-dealkylation sites (N-methyl/N-ethyl adjacent to an activating group) is 3. The van der Waals surface area contributed by atoms with Crippen molar-refractivity contribution in [3.8, 4) is 5.75 Å². The number of hydrogen-bond donors (Lipinski definition) is 3. The Morgan fingerprint density at radius 3 is 2.34 bits per heavy atom. The molecule has 1 unspecified atom stereocenters. The molecule has 0 saturated carbocycles. The quantitative estimate of drug-likeness (QED) is 0.0802. The van der Waals surface area contributed by atoms with Gasteiger partial charge in [-0.25, -0.2) is 4.79 Å². The van der Waals surface area contributed by atoms with E-state index in [1.165, 1.54) is 16.2 Å². The molecule has 2 aliphatic rings. The van der Waals surface area contributed by atoms with Gasteiger partial charge < -0.3 is 44.5 Å². The Hall–Kier alpha value is -5.44. The van der Waals surface area contributed by atoms with Gasteiger partial charge in [-0.15, -0.1) is 11.6 Å². The summed E-state index contributed by atoms with van der Waals surface area (Å²) in [5, 5.41) is 14.2. The fourth-order valence-electron chi connectivity index (χ4n) is 6.71. The van der Waals surface area contributed by atoms with Crippen molar-refractivity contribution >= 4 is 74.9 Å². The number of carboxylic acid groups (broad SMARTS) is 1. The molecule has 2 atom stereocenters. The van der Waals surface area contributed by atoms with Crippen LogP contribution in [0.15, 0.2) is 66.7 Å². The summed E-state index contributed by atoms with van der Waals surface area (Å²) in [6.45, 7) is 5.43. The van der Waals surface area contributed by atoms with E-state index in [-0.39, 0.29) is 30.4 Å². The minimum atomic E-state index is -0.676. The topological polar surface area (TPSA) is 165 Å². The van der Waals surface area contributed by atoms with E-state index in [1.807, 2.05) is 76.5 Å². The number of aromatic amines is 1. The molecule has 6 rings (SSSR count). The molecular formula is C44H59ClN6O8. The first-order valence-electron chi connectivity index (χ1n) is 19.7. The molecule has 1 aliphatic heterocycles. The normalized spacial score (nSPS) is 16.1. The molecule has 4 amide bonds. The van der Waals surface area contributed by atoms with Crippen molar-refractivity contribution in [2.75, 3.05) is 78.1 Å². The second-order valence-corrected chi connectivity index (χ2v) is 14.2. The average molecular weight is 835 g/mol. The number of alkyl halides is 1. The Balaban J connectivity index is 0.000000461. The summed E-state index contributed by atoms with van der Waals surface area (Å²) in [4.78, 5) is 70.1. The second-order valence-electron chi connectivity index (χ2n) is 14.2. The predicted octanol–water partition coefficient (Wildman–Crippen LogP) is 7.26. The number of fused-ring (bicyclic) bond motifs is 4. The highest BCUT2D eigenvalue weighted by molar-refractivity contribution is 6.15. The van der Waals surface area contributed by atoms with Crippen molar-refractivity contribution in [1.82, 2.24) is 19.7 Å². The number of methoxy groups -OCH3 is 1. The third kappa shape index (κ3) is 13.3. The van der Waals surface area contributed by atoms with Crippen LogP contribution in [0.2, 0.25) is 0 Å². The predicted molar refractivity (Wildman–Crippen MR) is 235 cm³/mol. The molecular weight excluding hydrogens is 776 g/mol. The number of H-pyrrole nitrogens is 1. The van der Waals surface area contributed by atoms with Crippen LogP contribution >= 0.6 is 11.6 Å². The molecule has 1 aromatic heterocycles. The van der Waals surface area contributed by atoms with Crippen LogP contribution in [0, 0.1) is 5.92 Å². The van der Waals surface area contributed by atoms with Crippen LogP contribution in [0.1, 0.15) is 55.6 Å². The number of rotatable bonds is 11. The van der Waals surface area contributed by atoms with Gasteiger partial charge in [0.1, 0.15) is 11.4 Å². The van der Waals surface area contributed by atoms with Crippen molar-refractivity contribution in [3.63, 3.8) is 0 Å². The van der Waals surface area contributed by atoms with E-state index in [0.29, 0.717) is 55.3 Å². The fourth-order valence-corrected chi connectivity index (χ4v) is 6.71. The first kappa shape index (κ1) is 47.9. The largest absolute Gasteiger partial charge is 0.481 e. The number of nitrogens with one attached hydrogen (secondary N) is 2. The summed E-state index contributed by atoms with van der Waals surface area (Å²) >= 11 is 4.64. The summed E-state index contributed by atoms with van der Waals surface area (Å²) in [6, 6.07) is 16.7. The standard InChI is InChI=1S/C31H34N6O5.C10H16O3.C2H6.CH3Cl/c1-34(2)18-29(39)32-21-9-10-25-20(15-21)16-26(33-25)30(40)37-12-11-23-22-7-5-6-8-24(22)28(17-27(23)37)42-31(41)36(4)14-13-35(3)19-38;1-13-9-5-3-2-4-8(6-7-9)10(11)12;2*1-2/h5-10,15-17,19,33H,11-14,18H2,1-4H3,(H,32,39);3,5,8-9H,2,4,6-7H2,1H3,(H,11,12);1-2H3;1H3/b;5-3+;;/t;8-,9?;;/m.0../s1. The third-order valence-corrected chi connectivity index (χ3v) is 9.77. The van der Waals surface area contributed by atoms with Gasteiger partial charge in [-0.1, -0.05) is 50.3 Å². The molecule has 3 N–H and O–H groups in total. The van der Waals surface area contributed by atoms with E-state index < -0.39 is 12.1 Å². The first-order chi connectivity index (χ1) is 28.4. The minimum Gasteiger partial charge on any atom is -0.481 e. The molecule has 1 aliphatic carbocycles. The maximum absolute atomic E-state index is 13.8. The van der Waals surface area contributed by atoms with Crippen LogP contribution in [-0.4, -0.2) is 129 Å². The number of nitrogens with zero attached hydrogens (tertiary/aromatic N) is 4. The van der Waals surface area contributed by atoms with Gasteiger partial charge in [0, 0.05) is 75.3 Å². The van der Waals surface area contributed by atoms with E-state index in [4.69, 9.17) is 14.6 Å². The SMILES string of the molecule is CC.CCl.CN(C)CC(=O)Nc1ccc2[nH]c(C(=O)N3CCc4c3cc(OC(=O)N(C)CCN(C)C=O)c3ccccc43)cc2c1.COC1/C=C/CC[C@H](C(=O)O)CC1. The van der Waals surface area contributed by atoms with Gasteiger partial charge in [-0.05, 0) is 81.4 Å². The molecule has 0 radical (unpaired) electrons. The van der Waals surface area contributed by atoms with E-state index in [1.54, 1.807) is 49.2 Å². The number of aromatic nitrogens is 1. The van der Waals surface area contributed by atoms with Crippen molar-refractivity contribution in [2.45, 2.75) is 52.1 Å². The molecule has 3 aromatic carbocycles. The van der Waals surface area contributed by atoms with Crippen LogP contribution in [0.4, 0.5) is 16.2 Å². The monoisotopic (exact) mass is 834 g/mol. The maximum Gasteiger partial charge on any atom is 0.415 e. The van der Waals surface area contributed by atoms with Gasteiger partial charge in [0.2, 0.25) is 12.3 Å². The molecule has 2 heterocycles. The lowest BCUT2D eigenvalue weighted by molar-refractivity contribution is -0.142. The molecule has 0 bridgehead atoms. The Morgan fingerprint density at radius 2 is 1.68 bits per heavy atom. The van der Waals surface area contributed by atoms with Crippen molar-refractivity contribution < 1.29 is 38.6 Å². The number of benzene rings is 3. The molecule has 4 aromatic rings. The van der Waals surface area contributed by atoms with Gasteiger partial charge in [-0.2, -0.15) is 0 Å². The molecule has 0 fully saturated rings. The Morgan fingerprint density at radius 1 is 0.966 bits per heavy atom. The number of carbonyl (C=O) groups is 5. The zero-order valence-electron chi connectivity index (χ0n) is 35.4. The minimum absolute atomic E-state index is 0.0992. The van der Waals surface area contributed by atoms with Crippen molar-refractivity contribution in [3.05, 3.63) is 78.0 Å². The lowest BCUT2D eigenvalue weighted by Gasteiger charge is -2.21. The first-order valence-corrected chi connectivity index (χ1v) is 20.5. The summed E-state index contributed by atoms with van der Waals surface area (Å²) in [6.07, 6.45) is 9.55. The summed E-state index contributed by atoms with van der Waals surface area (Å²) < 4.78 is 11.0. The number of halogens is 1. The average Bonchev–Trinajstić information content (AvgIpc) is 3.85. The molecule has 59 heavy (non-hydrogen) atoms. The number of hydrogen-bond acceptors (Lipinski definition) is 8. The third-order valence-electron chi connectivity index (χ3n) is 9.77. The molecule has 0 saturated heterocycles. The fraction of sp³-hybridized carbons (Fsp3) is 0.432. The summed E-state index contributed by atoms with van der Waals surface area (Å²) in [7, 11) is 8.57. The number of anilines is 2. The number of carbonyl (C=O) groups excluding carboxylic acids is 4. The molecule has 0 spiro atoms. The Kier molecular flexibility index (Phi) is 19.4. The van der Waals surface area contributed by atoms with E-state index in [0.717, 1.165) is 52.9 Å². The highest BCUT2D eigenvalue weighted by Crippen LogP contribution is 2.41. The van der Waals surface area contributed by atoms with Crippen molar-refractivity contribution in [1.29, 1.82) is 0 Å². The lowest BCUT2D eigenvalue weighted by Crippen LogP contribution is -2.36. The van der Waals surface area contributed by atoms with E-state index in [2.05, 4.69) is 21.9 Å². The number of ether oxygens (including phenoxy) is 2. The zero-order chi connectivity index (χ0) is 43.6. The number of carboxylic acids is 1. The summed E-state index contributed by atoms with van der Waals surface area (Å²) in [5.74, 6) is -0.833. The summed E-state index contributed by atoms with van der Waals surface area (Å²) in [5.41, 5.74) is 3.56. The highest BCUT2D eigenvalue weighted by Gasteiger charge is 2.30. The zero-order valence-corrected chi connectivity index (χ0v) is 36.2. The van der Waals surface area contributed by atoms with Gasteiger partial charge in [0.25, 0.3) is 5.91 Å². The van der Waals surface area contributed by atoms with Gasteiger partial charge in [-0.3, -0.25) is 19.2 Å². The smallest absolute Gasteiger partial charge is 0.415 e. The molecule has 14 nitrogen and oxygen atoms in total. The van der Waals surface area contributed by atoms with E-state index in [9.17, 15) is 24.0 Å². The van der Waals surface area contributed by atoms with Gasteiger partial charge in [0.05, 0.1) is 24.3 Å². The molecule has 320 valence electrons. The number of amides is 4. The lowest BCUT2D eigenvalue weighted by atomic mass is 9.93. The van der Waals surface area contributed by atoms with E-state index >= 15 is 0 Å². The number of allylic oxidation sites excluding steroid dienone is 1. The van der Waals surface area contributed by atoms with Crippen LogP contribution in [-0.2, 0) is 25.5 Å². The number of aliphatic carboxylic acids is 1. The Bertz CT molecular complexity index is 2070. The Labute approximate surface area is 352 Å². The maximum atomic E-state index is 13.8. The molecule has 15 heteroatoms. The van der Waals surface area contributed by atoms with Crippen LogP contribution in [0.25, 0.3) is 21.7 Å². The van der Waals surface area contributed by atoms with Crippen LogP contribution in [0.3, 0.4) is 0 Å². The second kappa shape index (κ2) is 23.8. The van der Waals surface area contributed by atoms with Gasteiger partial charge >= 0.3 is 12.1 Å². The van der Waals surface area contributed by atoms with Crippen LogP contribution < -0.4 is 15.0 Å². The van der Waals surface area contributed by atoms with Crippen LogP contribution in [0.5, 0.6) is 5.75 Å². The van der Waals surface area contributed by atoms with Gasteiger partial charge in [0.15, 0.2) is 0 Å². The highest BCUT2D eigenvalue weighted by atomic mass is 35.5.